The van der Waals surface area contributed by atoms with E-state index in [0.717, 1.165) is 11.1 Å². The molecule has 0 spiro atoms. The van der Waals surface area contributed by atoms with Crippen LogP contribution in [-0.4, -0.2) is 4.98 Å². The molecule has 2 heteroatoms. The lowest BCUT2D eigenvalue weighted by atomic mass is 10.1. The molecule has 0 unspecified atom stereocenters. The van der Waals surface area contributed by atoms with Gasteiger partial charge in [0, 0.05) is 12.4 Å². The molecule has 13 heavy (non-hydrogen) atoms. The average molecular weight is 169 g/mol. The molecule has 2 nitrogen and oxygen atoms in total. The van der Waals surface area contributed by atoms with Crippen LogP contribution in [0.25, 0.3) is 11.1 Å². The third-order valence-corrected chi connectivity index (χ3v) is 1.90. The van der Waals surface area contributed by atoms with Crippen LogP contribution >= 0.6 is 0 Å². The standard InChI is InChI=1S/C11H9N2/c12-11-3-1-9(2-4-11)10-5-7-13-8-6-10/h1-8,12H. The summed E-state index contributed by atoms with van der Waals surface area (Å²) in [7, 11) is 0. The lowest BCUT2D eigenvalue weighted by Gasteiger charge is -1.99. The van der Waals surface area contributed by atoms with Crippen molar-refractivity contribution in [2.45, 2.75) is 0 Å². The number of nitrogens with zero attached hydrogens (tertiary/aromatic N) is 1. The first-order chi connectivity index (χ1) is 6.36. The Morgan fingerprint density at radius 3 is 1.92 bits per heavy atom. The van der Waals surface area contributed by atoms with Crippen LogP contribution in [0.3, 0.4) is 0 Å². The van der Waals surface area contributed by atoms with Crippen molar-refractivity contribution in [1.82, 2.24) is 10.7 Å². The smallest absolute Gasteiger partial charge is 0.0540 e. The normalized spacial score (nSPS) is 9.85. The second kappa shape index (κ2) is 3.27. The van der Waals surface area contributed by atoms with Crippen molar-refractivity contribution >= 4 is 5.69 Å². The molecule has 63 valence electrons. The Labute approximate surface area is 77.0 Å². The van der Waals surface area contributed by atoms with Crippen LogP contribution in [0.4, 0.5) is 5.69 Å². The van der Waals surface area contributed by atoms with Crippen LogP contribution in [0.1, 0.15) is 0 Å². The second-order valence-electron chi connectivity index (χ2n) is 2.81. The molecule has 0 aliphatic rings. The van der Waals surface area contributed by atoms with Gasteiger partial charge in [-0.25, -0.2) is 0 Å². The fraction of sp³-hybridized carbons (Fsp3) is 0. The Morgan fingerprint density at radius 1 is 0.769 bits per heavy atom. The van der Waals surface area contributed by atoms with Crippen LogP contribution in [0, 0.1) is 0 Å². The summed E-state index contributed by atoms with van der Waals surface area (Å²) in [6.45, 7) is 0. The predicted octanol–water partition coefficient (Wildman–Crippen LogP) is 2.66. The van der Waals surface area contributed by atoms with E-state index in [1.54, 1.807) is 24.5 Å². The zero-order valence-electron chi connectivity index (χ0n) is 7.07. The zero-order valence-corrected chi connectivity index (χ0v) is 7.07. The van der Waals surface area contributed by atoms with Crippen molar-refractivity contribution < 1.29 is 0 Å². The minimum Gasteiger partial charge on any atom is -0.301 e. The second-order valence-corrected chi connectivity index (χ2v) is 2.81. The van der Waals surface area contributed by atoms with Crippen LogP contribution in [0.2, 0.25) is 0 Å². The monoisotopic (exact) mass is 169 g/mol. The van der Waals surface area contributed by atoms with Gasteiger partial charge in [-0.3, -0.25) is 4.98 Å². The van der Waals surface area contributed by atoms with E-state index >= 15 is 0 Å². The fourth-order valence-electron chi connectivity index (χ4n) is 1.21. The molecule has 0 saturated carbocycles. The Bertz CT molecular complexity index is 379. The molecular formula is C11H9N2. The topological polar surface area (TPSA) is 36.7 Å². The van der Waals surface area contributed by atoms with E-state index in [9.17, 15) is 0 Å². The first-order valence-corrected chi connectivity index (χ1v) is 4.08. The van der Waals surface area contributed by atoms with Gasteiger partial charge in [0.1, 0.15) is 0 Å². The van der Waals surface area contributed by atoms with Gasteiger partial charge in [0.25, 0.3) is 0 Å². The molecule has 0 atom stereocenters. The van der Waals surface area contributed by atoms with E-state index < -0.39 is 0 Å². The van der Waals surface area contributed by atoms with Crippen molar-refractivity contribution in [2.24, 2.45) is 0 Å². The molecule has 1 N–H and O–H groups in total. The number of pyridine rings is 1. The Hall–Kier alpha value is -1.83. The average Bonchev–Trinajstić information content (AvgIpc) is 2.20. The summed E-state index contributed by atoms with van der Waals surface area (Å²) in [5.41, 5.74) is 10.1. The molecular weight excluding hydrogens is 160 g/mol. The summed E-state index contributed by atoms with van der Waals surface area (Å²) < 4.78 is 0. The van der Waals surface area contributed by atoms with E-state index in [4.69, 9.17) is 5.73 Å². The Morgan fingerprint density at radius 2 is 1.31 bits per heavy atom. The third-order valence-electron chi connectivity index (χ3n) is 1.90. The van der Waals surface area contributed by atoms with Gasteiger partial charge >= 0.3 is 0 Å². The van der Waals surface area contributed by atoms with Gasteiger partial charge in [-0.05, 0) is 35.4 Å². The molecule has 1 aromatic heterocycles. The predicted molar refractivity (Wildman–Crippen MR) is 52.4 cm³/mol. The Kier molecular flexibility index (Phi) is 1.96. The van der Waals surface area contributed by atoms with Crippen LogP contribution in [0.5, 0.6) is 0 Å². The quantitative estimate of drug-likeness (QED) is 0.646. The van der Waals surface area contributed by atoms with Gasteiger partial charge in [-0.1, -0.05) is 12.1 Å². The molecule has 1 radical (unpaired) electrons. The number of aromatic nitrogens is 1. The van der Waals surface area contributed by atoms with Crippen LogP contribution in [0.15, 0.2) is 48.8 Å². The van der Waals surface area contributed by atoms with Crippen molar-refractivity contribution in [3.8, 4) is 11.1 Å². The highest BCUT2D eigenvalue weighted by atomic mass is 14.6. The molecule has 0 aliphatic carbocycles. The number of hydrogen-bond donors (Lipinski definition) is 0. The van der Waals surface area contributed by atoms with E-state index in [2.05, 4.69) is 4.98 Å². The summed E-state index contributed by atoms with van der Waals surface area (Å²) in [5.74, 6) is 0. The highest BCUT2D eigenvalue weighted by Crippen LogP contribution is 2.19. The summed E-state index contributed by atoms with van der Waals surface area (Å²) >= 11 is 0. The van der Waals surface area contributed by atoms with Gasteiger partial charge in [-0.15, -0.1) is 0 Å². The number of nitrogens with one attached hydrogen (secondary N) is 1. The first kappa shape index (κ1) is 7.80. The molecule has 1 heterocycles. The highest BCUT2D eigenvalue weighted by Gasteiger charge is 1.94. The van der Waals surface area contributed by atoms with E-state index in [1.807, 2.05) is 24.3 Å². The highest BCUT2D eigenvalue weighted by molar-refractivity contribution is 5.64. The SMILES string of the molecule is [NH]c1ccc(-c2ccncc2)cc1. The lowest BCUT2D eigenvalue weighted by Crippen LogP contribution is -1.77. The van der Waals surface area contributed by atoms with E-state index in [1.165, 1.54) is 0 Å². The number of rotatable bonds is 1. The van der Waals surface area contributed by atoms with Crippen LogP contribution < -0.4 is 5.73 Å². The van der Waals surface area contributed by atoms with Gasteiger partial charge in [0.15, 0.2) is 0 Å². The number of benzene rings is 1. The maximum atomic E-state index is 7.34. The van der Waals surface area contributed by atoms with Gasteiger partial charge < -0.3 is 5.73 Å². The molecule has 0 saturated heterocycles. The molecule has 1 aromatic carbocycles. The van der Waals surface area contributed by atoms with Crippen molar-refractivity contribution in [3.63, 3.8) is 0 Å². The van der Waals surface area contributed by atoms with E-state index in [0.29, 0.717) is 5.69 Å². The maximum absolute atomic E-state index is 7.34. The molecule has 2 rings (SSSR count). The summed E-state index contributed by atoms with van der Waals surface area (Å²) in [6, 6.07) is 11.4. The first-order valence-electron chi connectivity index (χ1n) is 4.08. The molecule has 0 amide bonds. The summed E-state index contributed by atoms with van der Waals surface area (Å²) in [4.78, 5) is 3.95. The molecule has 0 bridgehead atoms. The summed E-state index contributed by atoms with van der Waals surface area (Å²) in [5, 5.41) is 0. The maximum Gasteiger partial charge on any atom is 0.0540 e. The van der Waals surface area contributed by atoms with Gasteiger partial charge in [0.05, 0.1) is 5.69 Å². The fourth-order valence-corrected chi connectivity index (χ4v) is 1.21. The van der Waals surface area contributed by atoms with Crippen molar-refractivity contribution in [2.75, 3.05) is 0 Å². The van der Waals surface area contributed by atoms with Crippen molar-refractivity contribution in [1.29, 1.82) is 0 Å². The zero-order chi connectivity index (χ0) is 9.10. The number of hydrogen-bond acceptors (Lipinski definition) is 1. The van der Waals surface area contributed by atoms with Gasteiger partial charge in [-0.2, -0.15) is 0 Å². The lowest BCUT2D eigenvalue weighted by molar-refractivity contribution is 1.33. The summed E-state index contributed by atoms with van der Waals surface area (Å²) in [6.07, 6.45) is 3.54. The molecule has 2 aromatic rings. The third kappa shape index (κ3) is 1.67. The van der Waals surface area contributed by atoms with E-state index in [-0.39, 0.29) is 0 Å². The molecule has 0 fully saturated rings. The van der Waals surface area contributed by atoms with Crippen LogP contribution in [-0.2, 0) is 0 Å². The van der Waals surface area contributed by atoms with Gasteiger partial charge in [0.2, 0.25) is 0 Å². The Balaban J connectivity index is 2.42. The minimum atomic E-state index is 0.540. The van der Waals surface area contributed by atoms with Crippen molar-refractivity contribution in [3.05, 3.63) is 48.8 Å². The molecule has 0 aliphatic heterocycles. The minimum absolute atomic E-state index is 0.540. The largest absolute Gasteiger partial charge is 0.301 e.